The zero-order valence-corrected chi connectivity index (χ0v) is 15.1. The molecule has 1 aliphatic carbocycles. The summed E-state index contributed by atoms with van der Waals surface area (Å²) < 4.78 is 2.13. The Balaban J connectivity index is 1.50. The largest absolute Gasteiger partial charge is 0.337 e. The van der Waals surface area contributed by atoms with Gasteiger partial charge in [-0.2, -0.15) is 0 Å². The van der Waals surface area contributed by atoms with Crippen LogP contribution in [-0.4, -0.2) is 28.7 Å². The smallest absolute Gasteiger partial charge is 0.228 e. The number of carbonyl (C=O) groups excluding carboxylic acids is 1. The maximum absolute atomic E-state index is 12.2. The topological polar surface area (TPSA) is 42.6 Å². The Morgan fingerprint density at radius 2 is 2.21 bits per heavy atom. The van der Waals surface area contributed by atoms with E-state index in [0.717, 1.165) is 32.7 Å². The van der Waals surface area contributed by atoms with Crippen molar-refractivity contribution < 1.29 is 9.69 Å². The molecule has 1 aliphatic heterocycles. The molecular weight excluding hydrogens is 320 g/mol. The van der Waals surface area contributed by atoms with Gasteiger partial charge >= 0.3 is 0 Å². The highest BCUT2D eigenvalue weighted by Gasteiger charge is 2.33. The molecule has 1 N–H and O–H groups in total. The Bertz CT molecular complexity index is 722. The summed E-state index contributed by atoms with van der Waals surface area (Å²) in [4.78, 5) is 21.4. The average molecular weight is 345 g/mol. The van der Waals surface area contributed by atoms with Gasteiger partial charge in [0.25, 0.3) is 0 Å². The van der Waals surface area contributed by atoms with Crippen molar-refractivity contribution in [1.29, 1.82) is 0 Å². The van der Waals surface area contributed by atoms with Gasteiger partial charge < -0.3 is 9.47 Å². The van der Waals surface area contributed by atoms with Crippen LogP contribution in [0.5, 0.6) is 0 Å². The number of carbonyl (C=O) groups is 1. The summed E-state index contributed by atoms with van der Waals surface area (Å²) >= 11 is 1.88. The van der Waals surface area contributed by atoms with E-state index in [1.54, 1.807) is 12.5 Å². The molecule has 4 rings (SSSR count). The zero-order chi connectivity index (χ0) is 16.5. The van der Waals surface area contributed by atoms with Crippen LogP contribution in [0.2, 0.25) is 0 Å². The lowest BCUT2D eigenvalue weighted by Gasteiger charge is -2.32. The molecule has 0 fully saturated rings. The van der Waals surface area contributed by atoms with Crippen LogP contribution in [-0.2, 0) is 30.7 Å². The van der Waals surface area contributed by atoms with E-state index >= 15 is 0 Å². The number of amides is 1. The van der Waals surface area contributed by atoms with Crippen LogP contribution >= 0.6 is 11.3 Å². The van der Waals surface area contributed by atoms with E-state index in [1.165, 1.54) is 46.0 Å². The number of hydrogen-bond acceptors (Lipinski definition) is 3. The van der Waals surface area contributed by atoms with Crippen LogP contribution in [0.4, 0.5) is 5.00 Å². The molecule has 0 saturated heterocycles. The Labute approximate surface area is 146 Å². The number of quaternary nitrogens is 1. The van der Waals surface area contributed by atoms with Gasteiger partial charge in [-0.05, 0) is 31.2 Å². The Morgan fingerprint density at radius 3 is 3.00 bits per heavy atom. The standard InChI is InChI=1S/C18H24N4OS/c1-14(23)22-13-21(9-4-8-20-10-7-19-12-20)11-16-15-5-2-3-6-17(15)24-18(16)22/h7,10,12H,2-6,8-9,11,13H2,1H3/p+1. The molecule has 2 aliphatic rings. The molecule has 1 atom stereocenters. The summed E-state index contributed by atoms with van der Waals surface area (Å²) in [5, 5.41) is 1.24. The fraction of sp³-hybridized carbons (Fsp3) is 0.556. The molecule has 2 aromatic rings. The number of anilines is 1. The lowest BCUT2D eigenvalue weighted by molar-refractivity contribution is -0.914. The van der Waals surface area contributed by atoms with Gasteiger partial charge in [0.2, 0.25) is 5.91 Å². The van der Waals surface area contributed by atoms with Crippen LogP contribution < -0.4 is 9.80 Å². The number of thiophene rings is 1. The number of imidazole rings is 1. The molecule has 2 aromatic heterocycles. The fourth-order valence-corrected chi connectivity index (χ4v) is 5.42. The van der Waals surface area contributed by atoms with Crippen LogP contribution in [0.3, 0.4) is 0 Å². The molecule has 0 radical (unpaired) electrons. The second kappa shape index (κ2) is 6.69. The van der Waals surface area contributed by atoms with Crippen LogP contribution in [0.15, 0.2) is 18.7 Å². The molecule has 0 bridgehead atoms. The molecule has 0 saturated carbocycles. The van der Waals surface area contributed by atoms with Crippen LogP contribution in [0, 0.1) is 0 Å². The molecule has 1 unspecified atom stereocenters. The van der Waals surface area contributed by atoms with Gasteiger partial charge in [-0.3, -0.25) is 9.69 Å². The van der Waals surface area contributed by atoms with Crippen molar-refractivity contribution in [3.63, 3.8) is 0 Å². The van der Waals surface area contributed by atoms with E-state index in [2.05, 4.69) is 9.55 Å². The summed E-state index contributed by atoms with van der Waals surface area (Å²) in [5.74, 6) is 0.182. The molecular formula is C18H25N4OS+. The number of rotatable bonds is 4. The van der Waals surface area contributed by atoms with E-state index < -0.39 is 0 Å². The molecule has 3 heterocycles. The molecule has 0 aromatic carbocycles. The van der Waals surface area contributed by atoms with Gasteiger partial charge in [-0.25, -0.2) is 4.98 Å². The van der Waals surface area contributed by atoms with E-state index in [1.807, 2.05) is 35.0 Å². The highest BCUT2D eigenvalue weighted by molar-refractivity contribution is 7.16. The van der Waals surface area contributed by atoms with E-state index in [-0.39, 0.29) is 5.91 Å². The normalized spacial score (nSPS) is 19.9. The first kappa shape index (κ1) is 15.8. The highest BCUT2D eigenvalue weighted by Crippen LogP contribution is 2.40. The van der Waals surface area contributed by atoms with Crippen molar-refractivity contribution in [3.05, 3.63) is 34.7 Å². The highest BCUT2D eigenvalue weighted by atomic mass is 32.1. The third-order valence-electron chi connectivity index (χ3n) is 5.20. The monoisotopic (exact) mass is 345 g/mol. The molecule has 5 nitrogen and oxygen atoms in total. The minimum atomic E-state index is 0.182. The van der Waals surface area contributed by atoms with Gasteiger partial charge in [0.15, 0.2) is 6.67 Å². The summed E-state index contributed by atoms with van der Waals surface area (Å²) in [5.41, 5.74) is 3.04. The van der Waals surface area contributed by atoms with Crippen LogP contribution in [0.25, 0.3) is 0 Å². The second-order valence-corrected chi connectivity index (χ2v) is 8.01. The lowest BCUT2D eigenvalue weighted by Crippen LogP contribution is -3.13. The van der Waals surface area contributed by atoms with Crippen molar-refractivity contribution in [2.75, 3.05) is 18.1 Å². The minimum absolute atomic E-state index is 0.182. The molecule has 6 heteroatoms. The number of hydrogen-bond donors (Lipinski definition) is 1. The summed E-state index contributed by atoms with van der Waals surface area (Å²) in [6.07, 6.45) is 11.8. The van der Waals surface area contributed by atoms with Gasteiger partial charge in [-0.15, -0.1) is 11.3 Å². The van der Waals surface area contributed by atoms with Crippen LogP contribution in [0.1, 0.15) is 42.2 Å². The molecule has 1 amide bonds. The second-order valence-electron chi connectivity index (χ2n) is 6.93. The first-order valence-corrected chi connectivity index (χ1v) is 9.75. The summed E-state index contributed by atoms with van der Waals surface area (Å²) in [6.45, 7) is 5.68. The molecule has 24 heavy (non-hydrogen) atoms. The number of nitrogens with one attached hydrogen (secondary N) is 1. The number of fused-ring (bicyclic) bond motifs is 3. The Kier molecular flexibility index (Phi) is 4.41. The summed E-state index contributed by atoms with van der Waals surface area (Å²) in [7, 11) is 0. The predicted molar refractivity (Wildman–Crippen MR) is 95.4 cm³/mol. The van der Waals surface area contributed by atoms with E-state index in [0.29, 0.717) is 0 Å². The maximum atomic E-state index is 12.2. The van der Waals surface area contributed by atoms with E-state index in [9.17, 15) is 4.79 Å². The quantitative estimate of drug-likeness (QED) is 0.915. The van der Waals surface area contributed by atoms with Crippen molar-refractivity contribution in [2.24, 2.45) is 0 Å². The van der Waals surface area contributed by atoms with Gasteiger partial charge in [0.1, 0.15) is 11.5 Å². The minimum Gasteiger partial charge on any atom is -0.337 e. The van der Waals surface area contributed by atoms with Gasteiger partial charge in [-0.1, -0.05) is 0 Å². The average Bonchev–Trinajstić information content (AvgIpc) is 3.21. The maximum Gasteiger partial charge on any atom is 0.228 e. The number of aryl methyl sites for hydroxylation is 2. The molecule has 128 valence electrons. The fourth-order valence-electron chi connectivity index (χ4n) is 3.97. The van der Waals surface area contributed by atoms with Crippen molar-refractivity contribution >= 4 is 22.2 Å². The Hall–Kier alpha value is -1.66. The van der Waals surface area contributed by atoms with Crippen molar-refractivity contribution in [1.82, 2.24) is 9.55 Å². The zero-order valence-electron chi connectivity index (χ0n) is 14.3. The first-order valence-electron chi connectivity index (χ1n) is 8.93. The lowest BCUT2D eigenvalue weighted by atomic mass is 9.94. The predicted octanol–water partition coefficient (Wildman–Crippen LogP) is 1.62. The van der Waals surface area contributed by atoms with Gasteiger partial charge in [0.05, 0.1) is 12.9 Å². The number of aromatic nitrogens is 2. The van der Waals surface area contributed by atoms with Gasteiger partial charge in [0, 0.05) is 42.7 Å². The number of nitrogens with zero attached hydrogens (tertiary/aromatic N) is 3. The Morgan fingerprint density at radius 1 is 1.33 bits per heavy atom. The SMILES string of the molecule is CC(=O)N1C[NH+](CCCn2ccnc2)Cc2c1sc1c2CCCC1. The van der Waals surface area contributed by atoms with E-state index in [4.69, 9.17) is 0 Å². The van der Waals surface area contributed by atoms with Crippen molar-refractivity contribution in [2.45, 2.75) is 52.1 Å². The third kappa shape index (κ3) is 3.00. The summed E-state index contributed by atoms with van der Waals surface area (Å²) in [6, 6.07) is 0. The third-order valence-corrected chi connectivity index (χ3v) is 6.56. The van der Waals surface area contributed by atoms with Crippen molar-refractivity contribution in [3.8, 4) is 0 Å². The first-order chi connectivity index (χ1) is 11.7. The molecule has 0 spiro atoms.